The predicted octanol–water partition coefficient (Wildman–Crippen LogP) is 3.30. The zero-order valence-electron chi connectivity index (χ0n) is 13.8. The van der Waals surface area contributed by atoms with Crippen molar-refractivity contribution >= 4 is 16.9 Å². The number of H-pyrrole nitrogens is 1. The molecule has 0 atom stereocenters. The second-order valence-corrected chi connectivity index (χ2v) is 6.60. The van der Waals surface area contributed by atoms with Crippen molar-refractivity contribution in [1.82, 2.24) is 10.3 Å². The second-order valence-electron chi connectivity index (χ2n) is 6.60. The first-order valence-corrected chi connectivity index (χ1v) is 8.17. The Labute approximate surface area is 132 Å². The number of nitrogens with zero attached hydrogens (tertiary/aromatic N) is 1. The summed E-state index contributed by atoms with van der Waals surface area (Å²) >= 11 is 0. The number of aliphatic imine (C=N–C) groups is 1. The van der Waals surface area contributed by atoms with E-state index in [2.05, 4.69) is 48.2 Å². The van der Waals surface area contributed by atoms with Gasteiger partial charge in [-0.2, -0.15) is 0 Å². The monoisotopic (exact) mass is 298 g/mol. The third kappa shape index (κ3) is 2.96. The van der Waals surface area contributed by atoms with Crippen LogP contribution in [0.1, 0.15) is 41.6 Å². The van der Waals surface area contributed by atoms with E-state index in [0.29, 0.717) is 12.5 Å². The molecule has 1 heterocycles. The summed E-state index contributed by atoms with van der Waals surface area (Å²) in [5.74, 6) is 1.34. The Kier molecular flexibility index (Phi) is 4.10. The van der Waals surface area contributed by atoms with Crippen LogP contribution in [0.15, 0.2) is 17.1 Å². The number of hydrogen-bond donors (Lipinski definition) is 3. The molecule has 118 valence electrons. The quantitative estimate of drug-likeness (QED) is 0.599. The smallest absolute Gasteiger partial charge is 0.188 e. The average Bonchev–Trinajstić information content (AvgIpc) is 2.71. The summed E-state index contributed by atoms with van der Waals surface area (Å²) in [4.78, 5) is 8.00. The van der Waals surface area contributed by atoms with Crippen molar-refractivity contribution in [1.29, 1.82) is 0 Å². The molecule has 1 fully saturated rings. The zero-order chi connectivity index (χ0) is 15.7. The third-order valence-corrected chi connectivity index (χ3v) is 4.86. The molecule has 0 aliphatic heterocycles. The van der Waals surface area contributed by atoms with E-state index in [1.165, 1.54) is 52.5 Å². The molecule has 0 radical (unpaired) electrons. The lowest BCUT2D eigenvalue weighted by Gasteiger charge is -2.25. The predicted molar refractivity (Wildman–Crippen MR) is 93.2 cm³/mol. The van der Waals surface area contributed by atoms with Gasteiger partial charge in [0.25, 0.3) is 0 Å². The Bertz CT molecular complexity index is 707. The molecule has 0 unspecified atom stereocenters. The summed E-state index contributed by atoms with van der Waals surface area (Å²) < 4.78 is 0. The maximum absolute atomic E-state index is 5.99. The van der Waals surface area contributed by atoms with Crippen molar-refractivity contribution in [2.75, 3.05) is 6.54 Å². The second kappa shape index (κ2) is 6.03. The number of rotatable bonds is 4. The molecule has 1 aromatic carbocycles. The van der Waals surface area contributed by atoms with Gasteiger partial charge in [-0.25, -0.2) is 4.99 Å². The van der Waals surface area contributed by atoms with Gasteiger partial charge in [-0.05, 0) is 56.7 Å². The number of nitrogens with two attached hydrogens (primary N) is 1. The van der Waals surface area contributed by atoms with Crippen LogP contribution < -0.4 is 11.1 Å². The first kappa shape index (κ1) is 14.9. The maximum atomic E-state index is 5.99. The van der Waals surface area contributed by atoms with Gasteiger partial charge < -0.3 is 16.0 Å². The summed E-state index contributed by atoms with van der Waals surface area (Å²) in [5.41, 5.74) is 12.2. The van der Waals surface area contributed by atoms with Crippen LogP contribution in [-0.4, -0.2) is 17.5 Å². The van der Waals surface area contributed by atoms with Gasteiger partial charge in [0.15, 0.2) is 5.96 Å². The highest BCUT2D eigenvalue weighted by Crippen LogP contribution is 2.27. The average molecular weight is 298 g/mol. The standard InChI is InChI=1S/C18H26N4/c1-11-7-15(17-16(8-11)12(2)13(3)22-17)10-21-18(19)20-9-14-5-4-6-14/h7-8,14,22H,4-6,9-10H2,1-3H3,(H3,19,20,21). The van der Waals surface area contributed by atoms with Crippen LogP contribution in [-0.2, 0) is 6.54 Å². The fourth-order valence-electron chi connectivity index (χ4n) is 3.08. The van der Waals surface area contributed by atoms with E-state index in [-0.39, 0.29) is 0 Å². The molecule has 1 aliphatic carbocycles. The van der Waals surface area contributed by atoms with Crippen molar-refractivity contribution in [2.45, 2.75) is 46.6 Å². The summed E-state index contributed by atoms with van der Waals surface area (Å²) in [7, 11) is 0. The molecule has 1 aromatic heterocycles. The highest BCUT2D eigenvalue weighted by molar-refractivity contribution is 5.88. The van der Waals surface area contributed by atoms with Crippen molar-refractivity contribution < 1.29 is 0 Å². The molecule has 0 amide bonds. The van der Waals surface area contributed by atoms with Crippen molar-refractivity contribution in [3.05, 3.63) is 34.5 Å². The number of aryl methyl sites for hydroxylation is 3. The van der Waals surface area contributed by atoms with Gasteiger partial charge in [-0.1, -0.05) is 18.1 Å². The molecule has 2 aromatic rings. The van der Waals surface area contributed by atoms with Gasteiger partial charge in [0.2, 0.25) is 0 Å². The normalized spacial score (nSPS) is 16.0. The van der Waals surface area contributed by atoms with Gasteiger partial charge in [0.1, 0.15) is 0 Å². The first-order chi connectivity index (χ1) is 10.5. The van der Waals surface area contributed by atoms with Gasteiger partial charge >= 0.3 is 0 Å². The van der Waals surface area contributed by atoms with Crippen molar-refractivity contribution in [3.8, 4) is 0 Å². The van der Waals surface area contributed by atoms with Gasteiger partial charge in [-0.15, -0.1) is 0 Å². The van der Waals surface area contributed by atoms with E-state index >= 15 is 0 Å². The molecule has 1 saturated carbocycles. The molecule has 3 rings (SSSR count). The SMILES string of the molecule is Cc1cc(CN=C(N)NCC2CCC2)c2[nH]c(C)c(C)c2c1. The van der Waals surface area contributed by atoms with E-state index in [4.69, 9.17) is 5.73 Å². The van der Waals surface area contributed by atoms with Crippen LogP contribution in [0.25, 0.3) is 10.9 Å². The molecule has 4 nitrogen and oxygen atoms in total. The Morgan fingerprint density at radius 3 is 2.77 bits per heavy atom. The zero-order valence-corrected chi connectivity index (χ0v) is 13.8. The molecule has 0 bridgehead atoms. The lowest BCUT2D eigenvalue weighted by molar-refractivity contribution is 0.315. The largest absolute Gasteiger partial charge is 0.370 e. The Hall–Kier alpha value is -1.97. The highest BCUT2D eigenvalue weighted by Gasteiger charge is 2.16. The van der Waals surface area contributed by atoms with Crippen LogP contribution in [0.5, 0.6) is 0 Å². The first-order valence-electron chi connectivity index (χ1n) is 8.17. The fraction of sp³-hybridized carbons (Fsp3) is 0.500. The molecule has 0 spiro atoms. The van der Waals surface area contributed by atoms with E-state index < -0.39 is 0 Å². The maximum Gasteiger partial charge on any atom is 0.188 e. The van der Waals surface area contributed by atoms with Gasteiger partial charge in [0, 0.05) is 17.6 Å². The number of fused-ring (bicyclic) bond motifs is 1. The van der Waals surface area contributed by atoms with E-state index in [1.807, 2.05) is 0 Å². The number of aromatic amines is 1. The Balaban J connectivity index is 1.76. The summed E-state index contributed by atoms with van der Waals surface area (Å²) in [6.07, 6.45) is 4.00. The van der Waals surface area contributed by atoms with Crippen LogP contribution in [0, 0.1) is 26.7 Å². The van der Waals surface area contributed by atoms with Crippen LogP contribution in [0.4, 0.5) is 0 Å². The Morgan fingerprint density at radius 2 is 2.09 bits per heavy atom. The number of hydrogen-bond acceptors (Lipinski definition) is 1. The van der Waals surface area contributed by atoms with E-state index in [1.54, 1.807) is 0 Å². The van der Waals surface area contributed by atoms with Crippen molar-refractivity contribution in [2.24, 2.45) is 16.6 Å². The van der Waals surface area contributed by atoms with Crippen LogP contribution in [0.2, 0.25) is 0 Å². The molecule has 1 aliphatic rings. The topological polar surface area (TPSA) is 66.2 Å². The minimum atomic E-state index is 0.557. The fourth-order valence-corrected chi connectivity index (χ4v) is 3.08. The molecule has 4 N–H and O–H groups in total. The highest BCUT2D eigenvalue weighted by atomic mass is 15.1. The third-order valence-electron chi connectivity index (χ3n) is 4.86. The van der Waals surface area contributed by atoms with Crippen LogP contribution in [0.3, 0.4) is 0 Å². The van der Waals surface area contributed by atoms with Gasteiger partial charge in [-0.3, -0.25) is 0 Å². The molecular formula is C18H26N4. The minimum Gasteiger partial charge on any atom is -0.370 e. The lowest BCUT2D eigenvalue weighted by atomic mass is 9.85. The number of aromatic nitrogens is 1. The summed E-state index contributed by atoms with van der Waals surface area (Å²) in [6, 6.07) is 4.43. The molecular weight excluding hydrogens is 272 g/mol. The van der Waals surface area contributed by atoms with Gasteiger partial charge in [0.05, 0.1) is 12.1 Å². The number of benzene rings is 1. The molecule has 4 heteroatoms. The van der Waals surface area contributed by atoms with E-state index in [9.17, 15) is 0 Å². The molecule has 0 saturated heterocycles. The number of nitrogens with one attached hydrogen (secondary N) is 2. The minimum absolute atomic E-state index is 0.557. The van der Waals surface area contributed by atoms with Crippen molar-refractivity contribution in [3.63, 3.8) is 0 Å². The lowest BCUT2D eigenvalue weighted by Crippen LogP contribution is -2.37. The van der Waals surface area contributed by atoms with E-state index in [0.717, 1.165) is 12.5 Å². The Morgan fingerprint density at radius 1 is 1.32 bits per heavy atom. The summed E-state index contributed by atoms with van der Waals surface area (Å²) in [6.45, 7) is 7.98. The number of guanidine groups is 1. The van der Waals surface area contributed by atoms with Crippen LogP contribution >= 0.6 is 0 Å². The summed E-state index contributed by atoms with van der Waals surface area (Å²) in [5, 5.41) is 4.55. The molecule has 22 heavy (non-hydrogen) atoms.